The Hall–Kier alpha value is -1.39. The Morgan fingerprint density at radius 2 is 2.10 bits per heavy atom. The molecule has 0 spiro atoms. The molecule has 3 rings (SSSR count). The summed E-state index contributed by atoms with van der Waals surface area (Å²) in [4.78, 5) is 7.09. The minimum atomic E-state index is 0.442. The molecule has 3 nitrogen and oxygen atoms in total. The van der Waals surface area contributed by atoms with Gasteiger partial charge < -0.3 is 10.2 Å². The third-order valence-electron chi connectivity index (χ3n) is 4.08. The summed E-state index contributed by atoms with van der Waals surface area (Å²) in [5, 5.41) is 3.32. The Kier molecular flexibility index (Phi) is 4.27. The van der Waals surface area contributed by atoms with Crippen molar-refractivity contribution in [2.24, 2.45) is 0 Å². The second-order valence-corrected chi connectivity index (χ2v) is 6.52. The molecule has 4 heteroatoms. The van der Waals surface area contributed by atoms with Crippen molar-refractivity contribution in [3.8, 4) is 0 Å². The molecule has 110 valence electrons. The molecule has 1 N–H and O–H groups in total. The van der Waals surface area contributed by atoms with Crippen molar-refractivity contribution in [2.75, 3.05) is 18.5 Å². The van der Waals surface area contributed by atoms with Crippen LogP contribution in [0.25, 0.3) is 0 Å². The number of benzene rings is 1. The van der Waals surface area contributed by atoms with E-state index in [1.165, 1.54) is 16.7 Å². The van der Waals surface area contributed by atoms with E-state index in [4.69, 9.17) is 0 Å². The maximum atomic E-state index is 4.66. The average Bonchev–Trinajstić information content (AvgIpc) is 2.47. The molecular formula is C17H20BrN3. The number of halogens is 1. The third kappa shape index (κ3) is 2.97. The Balaban J connectivity index is 1.99. The number of aromatic nitrogens is 1. The lowest BCUT2D eigenvalue weighted by molar-refractivity contribution is 0.522. The van der Waals surface area contributed by atoms with Crippen LogP contribution in [0.4, 0.5) is 5.82 Å². The summed E-state index contributed by atoms with van der Waals surface area (Å²) in [5.41, 5.74) is 4.09. The fraction of sp³-hybridized carbons (Fsp3) is 0.353. The van der Waals surface area contributed by atoms with Crippen LogP contribution in [0.1, 0.15) is 16.7 Å². The standard InChI is InChI=1S/C17H20BrN3/c1-12-7-15(18)9-20-17(12)21-11-14-6-4-3-5-13(14)8-16(21)10-19-2/h3-7,9,16,19H,8,10-11H2,1-2H3. The molecule has 1 aliphatic heterocycles. The number of hydrogen-bond acceptors (Lipinski definition) is 3. The van der Waals surface area contributed by atoms with E-state index in [1.807, 2.05) is 13.2 Å². The Morgan fingerprint density at radius 3 is 2.81 bits per heavy atom. The van der Waals surface area contributed by atoms with Crippen LogP contribution in [0.5, 0.6) is 0 Å². The summed E-state index contributed by atoms with van der Waals surface area (Å²) >= 11 is 3.50. The molecular weight excluding hydrogens is 326 g/mol. The molecule has 1 aromatic carbocycles. The summed E-state index contributed by atoms with van der Waals surface area (Å²) in [6, 6.07) is 11.3. The van der Waals surface area contributed by atoms with Gasteiger partial charge in [-0.05, 0) is 59.1 Å². The number of likely N-dealkylation sites (N-methyl/N-ethyl adjacent to an activating group) is 1. The molecule has 0 bridgehead atoms. The lowest BCUT2D eigenvalue weighted by atomic mass is 9.93. The van der Waals surface area contributed by atoms with E-state index < -0.39 is 0 Å². The number of pyridine rings is 1. The first-order chi connectivity index (χ1) is 10.2. The zero-order valence-corrected chi connectivity index (χ0v) is 14.0. The number of nitrogens with one attached hydrogen (secondary N) is 1. The normalized spacial score (nSPS) is 17.7. The Labute approximate surface area is 134 Å². The molecule has 0 amide bonds. The molecule has 1 aliphatic rings. The molecule has 0 fully saturated rings. The van der Waals surface area contributed by atoms with E-state index in [-0.39, 0.29) is 0 Å². The van der Waals surface area contributed by atoms with Gasteiger partial charge in [-0.2, -0.15) is 0 Å². The van der Waals surface area contributed by atoms with Gasteiger partial charge in [0.1, 0.15) is 5.82 Å². The summed E-state index contributed by atoms with van der Waals surface area (Å²) in [6.45, 7) is 4.02. The van der Waals surface area contributed by atoms with Crippen molar-refractivity contribution in [1.29, 1.82) is 0 Å². The molecule has 0 saturated carbocycles. The number of rotatable bonds is 3. The predicted molar refractivity (Wildman–Crippen MR) is 90.7 cm³/mol. The second kappa shape index (κ2) is 6.16. The van der Waals surface area contributed by atoms with Crippen LogP contribution in [-0.4, -0.2) is 24.6 Å². The van der Waals surface area contributed by atoms with Crippen LogP contribution in [0, 0.1) is 6.92 Å². The summed E-state index contributed by atoms with van der Waals surface area (Å²) in [7, 11) is 2.01. The van der Waals surface area contributed by atoms with Gasteiger partial charge in [0.05, 0.1) is 0 Å². The molecule has 1 aromatic heterocycles. The monoisotopic (exact) mass is 345 g/mol. The molecule has 2 heterocycles. The highest BCUT2D eigenvalue weighted by molar-refractivity contribution is 9.10. The first-order valence-electron chi connectivity index (χ1n) is 7.29. The van der Waals surface area contributed by atoms with Crippen LogP contribution in [0.2, 0.25) is 0 Å². The number of hydrogen-bond donors (Lipinski definition) is 1. The molecule has 1 atom stereocenters. The fourth-order valence-corrected chi connectivity index (χ4v) is 3.53. The van der Waals surface area contributed by atoms with Crippen molar-refractivity contribution >= 4 is 21.7 Å². The zero-order valence-electron chi connectivity index (χ0n) is 12.4. The summed E-state index contributed by atoms with van der Waals surface area (Å²) in [5.74, 6) is 1.09. The van der Waals surface area contributed by atoms with Crippen molar-refractivity contribution in [3.63, 3.8) is 0 Å². The number of fused-ring (bicyclic) bond motifs is 1. The van der Waals surface area contributed by atoms with Crippen molar-refractivity contribution in [1.82, 2.24) is 10.3 Å². The highest BCUT2D eigenvalue weighted by atomic mass is 79.9. The van der Waals surface area contributed by atoms with E-state index in [9.17, 15) is 0 Å². The van der Waals surface area contributed by atoms with Gasteiger partial charge in [-0.25, -0.2) is 4.98 Å². The molecule has 0 radical (unpaired) electrons. The van der Waals surface area contributed by atoms with Crippen molar-refractivity contribution < 1.29 is 0 Å². The molecule has 2 aromatic rings. The van der Waals surface area contributed by atoms with Gasteiger partial charge in [-0.1, -0.05) is 24.3 Å². The number of aryl methyl sites for hydroxylation is 1. The highest BCUT2D eigenvalue weighted by Crippen LogP contribution is 2.30. The van der Waals surface area contributed by atoms with E-state index in [2.05, 4.69) is 68.4 Å². The maximum Gasteiger partial charge on any atom is 0.132 e. The first-order valence-corrected chi connectivity index (χ1v) is 8.08. The predicted octanol–water partition coefficient (Wildman–Crippen LogP) is 3.30. The van der Waals surface area contributed by atoms with Crippen LogP contribution in [0.3, 0.4) is 0 Å². The average molecular weight is 346 g/mol. The van der Waals surface area contributed by atoms with Crippen molar-refractivity contribution in [2.45, 2.75) is 25.9 Å². The Bertz CT molecular complexity index is 642. The van der Waals surface area contributed by atoms with Crippen LogP contribution >= 0.6 is 15.9 Å². The van der Waals surface area contributed by atoms with Gasteiger partial charge >= 0.3 is 0 Å². The molecule has 0 saturated heterocycles. The van der Waals surface area contributed by atoms with E-state index in [0.29, 0.717) is 6.04 Å². The smallest absolute Gasteiger partial charge is 0.132 e. The molecule has 21 heavy (non-hydrogen) atoms. The second-order valence-electron chi connectivity index (χ2n) is 5.61. The van der Waals surface area contributed by atoms with Crippen LogP contribution in [-0.2, 0) is 13.0 Å². The van der Waals surface area contributed by atoms with E-state index in [1.54, 1.807) is 0 Å². The fourth-order valence-electron chi connectivity index (χ4n) is 3.09. The van der Waals surface area contributed by atoms with Gasteiger partial charge in [0.2, 0.25) is 0 Å². The molecule has 0 aliphatic carbocycles. The molecule has 1 unspecified atom stereocenters. The summed E-state index contributed by atoms with van der Waals surface area (Å²) in [6.07, 6.45) is 2.95. The largest absolute Gasteiger partial charge is 0.347 e. The lowest BCUT2D eigenvalue weighted by Gasteiger charge is -2.38. The zero-order chi connectivity index (χ0) is 14.8. The third-order valence-corrected chi connectivity index (χ3v) is 4.52. The number of anilines is 1. The van der Waals surface area contributed by atoms with Crippen molar-refractivity contribution in [3.05, 3.63) is 57.7 Å². The van der Waals surface area contributed by atoms with E-state index >= 15 is 0 Å². The summed E-state index contributed by atoms with van der Waals surface area (Å²) < 4.78 is 1.03. The quantitative estimate of drug-likeness (QED) is 0.924. The minimum Gasteiger partial charge on any atom is -0.347 e. The van der Waals surface area contributed by atoms with Gasteiger partial charge in [-0.3, -0.25) is 0 Å². The SMILES string of the molecule is CNCC1Cc2ccccc2CN1c1ncc(Br)cc1C. The van der Waals surface area contributed by atoms with E-state index in [0.717, 1.165) is 29.8 Å². The van der Waals surface area contributed by atoms with Gasteiger partial charge in [0.25, 0.3) is 0 Å². The first kappa shape index (κ1) is 14.5. The van der Waals surface area contributed by atoms with Gasteiger partial charge in [0, 0.05) is 29.8 Å². The lowest BCUT2D eigenvalue weighted by Crippen LogP contribution is -2.46. The minimum absolute atomic E-state index is 0.442. The Morgan fingerprint density at radius 1 is 1.33 bits per heavy atom. The van der Waals surface area contributed by atoms with Crippen LogP contribution < -0.4 is 10.2 Å². The highest BCUT2D eigenvalue weighted by Gasteiger charge is 2.27. The topological polar surface area (TPSA) is 28.2 Å². The maximum absolute atomic E-state index is 4.66. The van der Waals surface area contributed by atoms with Gasteiger partial charge in [-0.15, -0.1) is 0 Å². The van der Waals surface area contributed by atoms with Crippen LogP contribution in [0.15, 0.2) is 41.0 Å². The number of nitrogens with zero attached hydrogens (tertiary/aromatic N) is 2. The van der Waals surface area contributed by atoms with Gasteiger partial charge in [0.15, 0.2) is 0 Å².